The summed E-state index contributed by atoms with van der Waals surface area (Å²) in [5.74, 6) is 1.00. The molecule has 2 heterocycles. The fourth-order valence-corrected chi connectivity index (χ4v) is 2.06. The van der Waals surface area contributed by atoms with Crippen LogP contribution in [0.2, 0.25) is 5.02 Å². The first-order valence-electron chi connectivity index (χ1n) is 6.08. The highest BCUT2D eigenvalue weighted by Crippen LogP contribution is 2.21. The third-order valence-electron chi connectivity index (χ3n) is 3.09. The lowest BCUT2D eigenvalue weighted by Gasteiger charge is -2.38. The van der Waals surface area contributed by atoms with Crippen LogP contribution in [0.3, 0.4) is 0 Å². The van der Waals surface area contributed by atoms with Gasteiger partial charge >= 0.3 is 0 Å². The number of rotatable bonds is 4. The first kappa shape index (κ1) is 12.6. The minimum absolute atomic E-state index is 0.120. The van der Waals surface area contributed by atoms with Crippen molar-refractivity contribution in [2.24, 2.45) is 0 Å². The second kappa shape index (κ2) is 4.92. The number of nitrogens with one attached hydrogen (secondary N) is 1. The van der Waals surface area contributed by atoms with Crippen molar-refractivity contribution in [3.63, 3.8) is 0 Å². The van der Waals surface area contributed by atoms with Gasteiger partial charge in [0.05, 0.1) is 5.60 Å². The maximum absolute atomic E-state index is 5.93. The van der Waals surface area contributed by atoms with E-state index in [9.17, 15) is 0 Å². The summed E-state index contributed by atoms with van der Waals surface area (Å²) in [5.41, 5.74) is 0.712. The Kier molecular flexibility index (Phi) is 3.26. The molecule has 1 N–H and O–H groups in total. The van der Waals surface area contributed by atoms with Gasteiger partial charge in [0.15, 0.2) is 0 Å². The summed E-state index contributed by atoms with van der Waals surface area (Å²) in [5, 5.41) is 7.75. The third kappa shape index (κ3) is 2.78. The average Bonchev–Trinajstić information content (AvgIpc) is 2.83. The molecular formula is C13H14ClN3O2. The van der Waals surface area contributed by atoms with E-state index in [1.165, 1.54) is 0 Å². The zero-order valence-corrected chi connectivity index (χ0v) is 11.3. The van der Waals surface area contributed by atoms with E-state index in [0.717, 1.165) is 18.7 Å². The predicted octanol–water partition coefficient (Wildman–Crippen LogP) is 2.27. The number of aromatic nitrogens is 2. The third-order valence-corrected chi connectivity index (χ3v) is 3.33. The molecule has 0 aliphatic carbocycles. The quantitative estimate of drug-likeness (QED) is 0.930. The molecule has 1 saturated heterocycles. The van der Waals surface area contributed by atoms with Crippen molar-refractivity contribution >= 4 is 11.6 Å². The summed E-state index contributed by atoms with van der Waals surface area (Å²) < 4.78 is 10.9. The molecule has 0 unspecified atom stereocenters. The summed E-state index contributed by atoms with van der Waals surface area (Å²) in [6.07, 6.45) is 0. The molecule has 6 heteroatoms. The highest BCUT2D eigenvalue weighted by molar-refractivity contribution is 6.30. The van der Waals surface area contributed by atoms with E-state index in [-0.39, 0.29) is 5.60 Å². The van der Waals surface area contributed by atoms with Crippen LogP contribution in [-0.4, -0.2) is 28.8 Å². The molecule has 0 radical (unpaired) electrons. The lowest BCUT2D eigenvalue weighted by atomic mass is 10.0. The number of benzene rings is 1. The molecular weight excluding hydrogens is 266 g/mol. The zero-order chi connectivity index (χ0) is 13.3. The average molecular weight is 280 g/mol. The fourth-order valence-electron chi connectivity index (χ4n) is 1.87. The Morgan fingerprint density at radius 1 is 1.47 bits per heavy atom. The molecule has 0 spiro atoms. The molecule has 0 atom stereocenters. The number of nitrogens with zero attached hydrogens (tertiary/aromatic N) is 2. The van der Waals surface area contributed by atoms with Gasteiger partial charge in [0.2, 0.25) is 5.82 Å². The molecule has 0 saturated carbocycles. The molecule has 5 nitrogen and oxygen atoms in total. The van der Waals surface area contributed by atoms with Gasteiger partial charge in [0.25, 0.3) is 5.89 Å². The molecule has 1 aliphatic rings. The van der Waals surface area contributed by atoms with Gasteiger partial charge < -0.3 is 14.6 Å². The van der Waals surface area contributed by atoms with Gasteiger partial charge in [-0.3, -0.25) is 0 Å². The van der Waals surface area contributed by atoms with E-state index in [1.807, 2.05) is 12.1 Å². The van der Waals surface area contributed by atoms with Crippen molar-refractivity contribution in [1.82, 2.24) is 15.5 Å². The number of hydrogen-bond donors (Lipinski definition) is 1. The summed E-state index contributed by atoms with van der Waals surface area (Å²) in [6, 6.07) is 7.34. The minimum atomic E-state index is -0.120. The van der Waals surface area contributed by atoms with Gasteiger partial charge in [-0.05, 0) is 19.1 Å². The normalized spacial score (nSPS) is 17.2. The molecule has 0 amide bonds. The first-order chi connectivity index (χ1) is 9.15. The molecule has 1 aliphatic heterocycles. The second-order valence-corrected chi connectivity index (χ2v) is 5.30. The zero-order valence-electron chi connectivity index (χ0n) is 10.5. The molecule has 2 aromatic rings. The second-order valence-electron chi connectivity index (χ2n) is 4.86. The Hall–Kier alpha value is -1.43. The van der Waals surface area contributed by atoms with Crippen molar-refractivity contribution in [3.05, 3.63) is 35.2 Å². The number of halogens is 1. The summed E-state index contributed by atoms with van der Waals surface area (Å²) >= 11 is 5.93. The van der Waals surface area contributed by atoms with Crippen molar-refractivity contribution in [2.75, 3.05) is 13.1 Å². The van der Waals surface area contributed by atoms with E-state index >= 15 is 0 Å². The van der Waals surface area contributed by atoms with Gasteiger partial charge in [-0.25, -0.2) is 0 Å². The summed E-state index contributed by atoms with van der Waals surface area (Å²) in [6.45, 7) is 4.08. The molecule has 1 aromatic heterocycles. The van der Waals surface area contributed by atoms with Crippen molar-refractivity contribution in [1.29, 1.82) is 0 Å². The predicted molar refractivity (Wildman–Crippen MR) is 70.8 cm³/mol. The van der Waals surface area contributed by atoms with Gasteiger partial charge in [-0.1, -0.05) is 28.9 Å². The van der Waals surface area contributed by atoms with Crippen LogP contribution in [0.25, 0.3) is 11.4 Å². The molecule has 3 rings (SSSR count). The van der Waals surface area contributed by atoms with Crippen LogP contribution < -0.4 is 5.32 Å². The van der Waals surface area contributed by atoms with Crippen LogP contribution in [0.1, 0.15) is 12.8 Å². The van der Waals surface area contributed by atoms with Crippen LogP contribution in [0, 0.1) is 0 Å². The largest absolute Gasteiger partial charge is 0.363 e. The SMILES string of the molecule is CC1(OCc2nc(-c3cccc(Cl)c3)no2)CNC1. The van der Waals surface area contributed by atoms with Crippen LogP contribution in [0.5, 0.6) is 0 Å². The monoisotopic (exact) mass is 279 g/mol. The summed E-state index contributed by atoms with van der Waals surface area (Å²) in [7, 11) is 0. The molecule has 1 fully saturated rings. The van der Waals surface area contributed by atoms with Crippen LogP contribution >= 0.6 is 11.6 Å². The van der Waals surface area contributed by atoms with Crippen LogP contribution in [0.15, 0.2) is 28.8 Å². The van der Waals surface area contributed by atoms with Crippen molar-refractivity contribution in [3.8, 4) is 11.4 Å². The lowest BCUT2D eigenvalue weighted by Crippen LogP contribution is -2.58. The van der Waals surface area contributed by atoms with Gasteiger partial charge in [-0.2, -0.15) is 4.98 Å². The first-order valence-corrected chi connectivity index (χ1v) is 6.46. The smallest absolute Gasteiger partial charge is 0.252 e. The minimum Gasteiger partial charge on any atom is -0.363 e. The molecule has 19 heavy (non-hydrogen) atoms. The topological polar surface area (TPSA) is 60.2 Å². The highest BCUT2D eigenvalue weighted by Gasteiger charge is 2.33. The van der Waals surface area contributed by atoms with E-state index < -0.39 is 0 Å². The van der Waals surface area contributed by atoms with Crippen molar-refractivity contribution in [2.45, 2.75) is 19.1 Å². The Balaban J connectivity index is 1.69. The number of ether oxygens (including phenoxy) is 1. The fraction of sp³-hybridized carbons (Fsp3) is 0.385. The highest BCUT2D eigenvalue weighted by atomic mass is 35.5. The van der Waals surface area contributed by atoms with Crippen LogP contribution in [-0.2, 0) is 11.3 Å². The number of hydrogen-bond acceptors (Lipinski definition) is 5. The van der Waals surface area contributed by atoms with Crippen molar-refractivity contribution < 1.29 is 9.26 Å². The van der Waals surface area contributed by atoms with E-state index in [1.54, 1.807) is 12.1 Å². The maximum Gasteiger partial charge on any atom is 0.252 e. The Labute approximate surface area is 115 Å². The van der Waals surface area contributed by atoms with Crippen LogP contribution in [0.4, 0.5) is 0 Å². The lowest BCUT2D eigenvalue weighted by molar-refractivity contribution is -0.0841. The Morgan fingerprint density at radius 2 is 2.32 bits per heavy atom. The van der Waals surface area contributed by atoms with Gasteiger partial charge in [0, 0.05) is 23.7 Å². The van der Waals surface area contributed by atoms with E-state index in [2.05, 4.69) is 22.4 Å². The molecule has 100 valence electrons. The van der Waals surface area contributed by atoms with E-state index in [4.69, 9.17) is 20.9 Å². The maximum atomic E-state index is 5.93. The Morgan fingerprint density at radius 3 is 3.00 bits per heavy atom. The molecule has 1 aromatic carbocycles. The standard InChI is InChI=1S/C13H14ClN3O2/c1-13(7-15-8-13)18-6-11-16-12(17-19-11)9-3-2-4-10(14)5-9/h2-5,15H,6-8H2,1H3. The molecule has 0 bridgehead atoms. The Bertz CT molecular complexity index is 581. The van der Waals surface area contributed by atoms with Gasteiger partial charge in [0.1, 0.15) is 6.61 Å². The van der Waals surface area contributed by atoms with E-state index in [0.29, 0.717) is 23.3 Å². The van der Waals surface area contributed by atoms with Gasteiger partial charge in [-0.15, -0.1) is 0 Å². The summed E-state index contributed by atoms with van der Waals surface area (Å²) in [4.78, 5) is 4.30.